The van der Waals surface area contributed by atoms with Crippen molar-refractivity contribution >= 4 is 11.9 Å². The number of unbranched alkanes of at least 4 members (excludes halogenated alkanes) is 24. The van der Waals surface area contributed by atoms with Crippen molar-refractivity contribution in [3.05, 3.63) is 60.8 Å². The summed E-state index contributed by atoms with van der Waals surface area (Å²) < 4.78 is 17.3. The zero-order valence-corrected chi connectivity index (χ0v) is 38.6. The van der Waals surface area contributed by atoms with Crippen LogP contribution in [0, 0.1) is 0 Å². The maximum absolute atomic E-state index is 12.8. The van der Waals surface area contributed by atoms with Gasteiger partial charge in [-0.05, 0) is 96.3 Å². The molecule has 1 unspecified atom stereocenters. The predicted octanol–water partition coefficient (Wildman–Crippen LogP) is 16.6. The van der Waals surface area contributed by atoms with Crippen LogP contribution in [0.4, 0.5) is 0 Å². The largest absolute Gasteiger partial charge is 0.462 e. The molecule has 5 heteroatoms. The van der Waals surface area contributed by atoms with Crippen molar-refractivity contribution in [2.75, 3.05) is 19.8 Å². The molecule has 0 aromatic carbocycles. The SMILES string of the molecule is CCC/C=C\C/C=C\CCCCCCCC(=O)OCC(COCCCCCCCC/C=C\CCCCCCCC)OC(=O)CCCCCCC/C=C\C/C=C\CCC. The summed E-state index contributed by atoms with van der Waals surface area (Å²) in [5.41, 5.74) is 0. The van der Waals surface area contributed by atoms with Crippen LogP contribution in [0.25, 0.3) is 0 Å². The first-order chi connectivity index (χ1) is 28.6. The van der Waals surface area contributed by atoms with Gasteiger partial charge in [-0.15, -0.1) is 0 Å². The van der Waals surface area contributed by atoms with Crippen LogP contribution in [0.3, 0.4) is 0 Å². The quantitative estimate of drug-likeness (QED) is 0.0348. The Kier molecular flexibility index (Phi) is 46.9. The predicted molar refractivity (Wildman–Crippen MR) is 251 cm³/mol. The van der Waals surface area contributed by atoms with Gasteiger partial charge in [0.15, 0.2) is 6.10 Å². The number of rotatable bonds is 45. The van der Waals surface area contributed by atoms with Crippen molar-refractivity contribution in [3.8, 4) is 0 Å². The van der Waals surface area contributed by atoms with Crippen LogP contribution >= 0.6 is 0 Å². The number of hydrogen-bond acceptors (Lipinski definition) is 5. The van der Waals surface area contributed by atoms with Crippen LogP contribution in [0.5, 0.6) is 0 Å². The van der Waals surface area contributed by atoms with E-state index in [2.05, 4.69) is 81.5 Å². The molecule has 0 amide bonds. The van der Waals surface area contributed by atoms with Crippen molar-refractivity contribution in [2.24, 2.45) is 0 Å². The molecular formula is C53H94O5. The van der Waals surface area contributed by atoms with Gasteiger partial charge in [0.2, 0.25) is 0 Å². The number of allylic oxidation sites excluding steroid dienone is 10. The van der Waals surface area contributed by atoms with Gasteiger partial charge in [-0.2, -0.15) is 0 Å². The van der Waals surface area contributed by atoms with Crippen LogP contribution in [0.1, 0.15) is 239 Å². The van der Waals surface area contributed by atoms with Crippen molar-refractivity contribution in [1.82, 2.24) is 0 Å². The lowest BCUT2D eigenvalue weighted by molar-refractivity contribution is -0.163. The van der Waals surface area contributed by atoms with Gasteiger partial charge in [-0.3, -0.25) is 9.59 Å². The van der Waals surface area contributed by atoms with Gasteiger partial charge in [0.05, 0.1) is 6.61 Å². The number of carbonyl (C=O) groups excluding carboxylic acids is 2. The Morgan fingerprint density at radius 2 is 0.759 bits per heavy atom. The highest BCUT2D eigenvalue weighted by atomic mass is 16.6. The van der Waals surface area contributed by atoms with Crippen LogP contribution < -0.4 is 0 Å². The van der Waals surface area contributed by atoms with E-state index < -0.39 is 6.10 Å². The molecular weight excluding hydrogens is 717 g/mol. The lowest BCUT2D eigenvalue weighted by atomic mass is 10.1. The molecule has 0 bridgehead atoms. The van der Waals surface area contributed by atoms with E-state index in [-0.39, 0.29) is 25.2 Å². The normalized spacial score (nSPS) is 12.7. The first-order valence-electron chi connectivity index (χ1n) is 24.8. The lowest BCUT2D eigenvalue weighted by Gasteiger charge is -2.18. The molecule has 0 rings (SSSR count). The van der Waals surface area contributed by atoms with Gasteiger partial charge in [0.25, 0.3) is 0 Å². The first-order valence-corrected chi connectivity index (χ1v) is 24.8. The average molecular weight is 811 g/mol. The minimum absolute atomic E-state index is 0.0693. The van der Waals surface area contributed by atoms with E-state index in [1.807, 2.05) is 0 Å². The fourth-order valence-electron chi connectivity index (χ4n) is 6.76. The summed E-state index contributed by atoms with van der Waals surface area (Å²) >= 11 is 0. The Morgan fingerprint density at radius 3 is 1.22 bits per heavy atom. The smallest absolute Gasteiger partial charge is 0.306 e. The molecule has 0 aliphatic heterocycles. The molecule has 0 N–H and O–H groups in total. The van der Waals surface area contributed by atoms with E-state index in [0.29, 0.717) is 19.4 Å². The van der Waals surface area contributed by atoms with Crippen LogP contribution in [0.2, 0.25) is 0 Å². The Balaban J connectivity index is 4.30. The third kappa shape index (κ3) is 46.3. The summed E-state index contributed by atoms with van der Waals surface area (Å²) in [7, 11) is 0. The van der Waals surface area contributed by atoms with E-state index in [4.69, 9.17) is 14.2 Å². The van der Waals surface area contributed by atoms with Gasteiger partial charge >= 0.3 is 11.9 Å². The first kappa shape index (κ1) is 55.6. The molecule has 5 nitrogen and oxygen atoms in total. The number of esters is 2. The van der Waals surface area contributed by atoms with Crippen LogP contribution in [0.15, 0.2) is 60.8 Å². The third-order valence-corrected chi connectivity index (χ3v) is 10.5. The van der Waals surface area contributed by atoms with Crippen molar-refractivity contribution in [3.63, 3.8) is 0 Å². The van der Waals surface area contributed by atoms with Crippen LogP contribution in [-0.2, 0) is 23.8 Å². The van der Waals surface area contributed by atoms with Gasteiger partial charge in [0.1, 0.15) is 6.61 Å². The molecule has 336 valence electrons. The molecule has 0 saturated carbocycles. The second kappa shape index (κ2) is 49.0. The Bertz CT molecular complexity index is 1010. The molecule has 0 aromatic heterocycles. The topological polar surface area (TPSA) is 61.8 Å². The van der Waals surface area contributed by atoms with Gasteiger partial charge in [-0.1, -0.05) is 191 Å². The molecule has 0 fully saturated rings. The Hall–Kier alpha value is -2.40. The second-order valence-electron chi connectivity index (χ2n) is 16.4. The molecule has 0 heterocycles. The summed E-state index contributed by atoms with van der Waals surface area (Å²) in [5.74, 6) is -0.431. The molecule has 0 spiro atoms. The number of ether oxygens (including phenoxy) is 3. The van der Waals surface area contributed by atoms with E-state index in [1.165, 1.54) is 128 Å². The monoisotopic (exact) mass is 811 g/mol. The Morgan fingerprint density at radius 1 is 0.379 bits per heavy atom. The third-order valence-electron chi connectivity index (χ3n) is 10.5. The summed E-state index contributed by atoms with van der Waals surface area (Å²) in [6, 6.07) is 0. The standard InChI is InChI=1S/C53H94O5/c1-4-7-10-13-16-19-22-25-26-27-30-33-36-39-42-45-48-56-49-51(58-53(55)47-44-41-38-35-32-29-24-21-18-15-12-9-6-3)50-57-52(54)46-43-40-37-34-31-28-23-20-17-14-11-8-5-2/h11-12,14-15,20-21,23-26,51H,4-10,13,16-19,22,27-50H2,1-3H3/b14-11-,15-12-,23-20-,24-21-,26-25-. The van der Waals surface area contributed by atoms with Crippen molar-refractivity contribution in [1.29, 1.82) is 0 Å². The van der Waals surface area contributed by atoms with Crippen molar-refractivity contribution in [2.45, 2.75) is 245 Å². The fourth-order valence-corrected chi connectivity index (χ4v) is 6.76. The summed E-state index contributed by atoms with van der Waals surface area (Å²) in [6.07, 6.45) is 60.8. The Labute approximate surface area is 360 Å². The summed E-state index contributed by atoms with van der Waals surface area (Å²) in [5, 5.41) is 0. The second-order valence-corrected chi connectivity index (χ2v) is 16.4. The van der Waals surface area contributed by atoms with Crippen LogP contribution in [-0.4, -0.2) is 37.9 Å². The molecule has 0 radical (unpaired) electrons. The molecule has 0 aliphatic rings. The summed E-state index contributed by atoms with van der Waals surface area (Å²) in [6.45, 7) is 7.66. The zero-order chi connectivity index (χ0) is 42.1. The van der Waals surface area contributed by atoms with Gasteiger partial charge in [0, 0.05) is 19.4 Å². The highest BCUT2D eigenvalue weighted by Gasteiger charge is 2.17. The fraction of sp³-hybridized carbons (Fsp3) is 0.774. The van der Waals surface area contributed by atoms with E-state index in [9.17, 15) is 9.59 Å². The minimum Gasteiger partial charge on any atom is -0.462 e. The zero-order valence-electron chi connectivity index (χ0n) is 38.6. The molecule has 0 saturated heterocycles. The summed E-state index contributed by atoms with van der Waals surface area (Å²) in [4.78, 5) is 25.3. The van der Waals surface area contributed by atoms with Gasteiger partial charge in [-0.25, -0.2) is 0 Å². The highest BCUT2D eigenvalue weighted by molar-refractivity contribution is 5.70. The highest BCUT2D eigenvalue weighted by Crippen LogP contribution is 2.13. The van der Waals surface area contributed by atoms with Crippen molar-refractivity contribution < 1.29 is 23.8 Å². The maximum atomic E-state index is 12.8. The minimum atomic E-state index is -0.552. The molecule has 0 aromatic rings. The number of carbonyl (C=O) groups is 2. The number of hydrogen-bond donors (Lipinski definition) is 0. The van der Waals surface area contributed by atoms with E-state index in [1.54, 1.807) is 0 Å². The van der Waals surface area contributed by atoms with E-state index in [0.717, 1.165) is 77.0 Å². The average Bonchev–Trinajstić information content (AvgIpc) is 3.22. The van der Waals surface area contributed by atoms with Gasteiger partial charge < -0.3 is 14.2 Å². The molecule has 1 atom stereocenters. The van der Waals surface area contributed by atoms with E-state index >= 15 is 0 Å². The molecule has 58 heavy (non-hydrogen) atoms. The maximum Gasteiger partial charge on any atom is 0.306 e. The lowest BCUT2D eigenvalue weighted by Crippen LogP contribution is -2.30. The molecule has 0 aliphatic carbocycles.